The largest absolute Gasteiger partial charge is 0.496 e. The molecule has 3 rings (SSSR count). The Morgan fingerprint density at radius 2 is 1.79 bits per heavy atom. The van der Waals surface area contributed by atoms with Crippen molar-refractivity contribution in [3.63, 3.8) is 0 Å². The molecule has 0 unspecified atom stereocenters. The SMILES string of the molecule is CCc1ccccc1Nc1cc(C(=O)NCCc2ccccc2OC)ncn1. The highest BCUT2D eigenvalue weighted by atomic mass is 16.5. The van der Waals surface area contributed by atoms with Gasteiger partial charge in [-0.2, -0.15) is 0 Å². The number of aromatic nitrogens is 2. The molecule has 0 aliphatic carbocycles. The molecule has 1 aromatic heterocycles. The van der Waals surface area contributed by atoms with Crippen molar-refractivity contribution in [3.05, 3.63) is 77.7 Å². The molecule has 6 heteroatoms. The van der Waals surface area contributed by atoms with Crippen LogP contribution in [0.15, 0.2) is 60.9 Å². The van der Waals surface area contributed by atoms with E-state index in [0.29, 0.717) is 24.5 Å². The van der Waals surface area contributed by atoms with Crippen LogP contribution in [0.1, 0.15) is 28.5 Å². The Balaban J connectivity index is 1.62. The fourth-order valence-corrected chi connectivity index (χ4v) is 2.95. The molecular weight excluding hydrogens is 352 g/mol. The number of ether oxygens (including phenoxy) is 1. The third-order valence-electron chi connectivity index (χ3n) is 4.43. The predicted octanol–water partition coefficient (Wildman–Crippen LogP) is 3.76. The van der Waals surface area contributed by atoms with Crippen molar-refractivity contribution in [3.8, 4) is 5.75 Å². The van der Waals surface area contributed by atoms with Gasteiger partial charge in [-0.15, -0.1) is 0 Å². The van der Waals surface area contributed by atoms with Gasteiger partial charge in [0.05, 0.1) is 7.11 Å². The van der Waals surface area contributed by atoms with Crippen LogP contribution in [0.4, 0.5) is 11.5 Å². The number of hydrogen-bond donors (Lipinski definition) is 2. The van der Waals surface area contributed by atoms with Crippen LogP contribution in [0.3, 0.4) is 0 Å². The molecule has 0 saturated heterocycles. The molecule has 1 amide bonds. The first-order valence-corrected chi connectivity index (χ1v) is 9.28. The van der Waals surface area contributed by atoms with Crippen LogP contribution in [0.2, 0.25) is 0 Å². The van der Waals surface area contributed by atoms with Crippen LogP contribution in [0.25, 0.3) is 0 Å². The van der Waals surface area contributed by atoms with Gasteiger partial charge in [0.25, 0.3) is 5.91 Å². The van der Waals surface area contributed by atoms with Gasteiger partial charge in [0.1, 0.15) is 23.6 Å². The van der Waals surface area contributed by atoms with Crippen LogP contribution in [-0.4, -0.2) is 29.5 Å². The first-order chi connectivity index (χ1) is 13.7. The Kier molecular flexibility index (Phi) is 6.57. The lowest BCUT2D eigenvalue weighted by Crippen LogP contribution is -2.26. The number of carbonyl (C=O) groups is 1. The van der Waals surface area contributed by atoms with E-state index in [1.165, 1.54) is 11.9 Å². The molecule has 1 heterocycles. The highest BCUT2D eigenvalue weighted by molar-refractivity contribution is 5.93. The quantitative estimate of drug-likeness (QED) is 0.626. The van der Waals surface area contributed by atoms with Gasteiger partial charge in [-0.25, -0.2) is 9.97 Å². The fourth-order valence-electron chi connectivity index (χ4n) is 2.95. The van der Waals surface area contributed by atoms with Crippen molar-refractivity contribution < 1.29 is 9.53 Å². The van der Waals surface area contributed by atoms with Crippen molar-refractivity contribution in [2.24, 2.45) is 0 Å². The van der Waals surface area contributed by atoms with Crippen molar-refractivity contribution in [2.45, 2.75) is 19.8 Å². The Bertz CT molecular complexity index is 943. The number of anilines is 2. The Hall–Kier alpha value is -3.41. The van der Waals surface area contributed by atoms with Crippen LogP contribution in [0, 0.1) is 0 Å². The maximum absolute atomic E-state index is 12.5. The van der Waals surface area contributed by atoms with E-state index in [1.807, 2.05) is 42.5 Å². The molecule has 3 aromatic rings. The number of aryl methyl sites for hydroxylation is 1. The van der Waals surface area contributed by atoms with Crippen molar-refractivity contribution >= 4 is 17.4 Å². The van der Waals surface area contributed by atoms with Gasteiger partial charge in [0.15, 0.2) is 0 Å². The third-order valence-corrected chi connectivity index (χ3v) is 4.43. The van der Waals surface area contributed by atoms with Gasteiger partial charge < -0.3 is 15.4 Å². The standard InChI is InChI=1S/C22H24N4O2/c1-3-16-8-4-6-10-18(16)26-21-14-19(24-15-25-21)22(27)23-13-12-17-9-5-7-11-20(17)28-2/h4-11,14-15H,3,12-13H2,1-2H3,(H,23,27)(H,24,25,26). The van der Waals surface area contributed by atoms with E-state index in [4.69, 9.17) is 4.74 Å². The molecule has 0 fully saturated rings. The van der Waals surface area contributed by atoms with Crippen molar-refractivity contribution in [1.82, 2.24) is 15.3 Å². The summed E-state index contributed by atoms with van der Waals surface area (Å²) >= 11 is 0. The summed E-state index contributed by atoms with van der Waals surface area (Å²) in [6.45, 7) is 2.59. The van der Waals surface area contributed by atoms with E-state index in [-0.39, 0.29) is 5.91 Å². The number of hydrogen-bond acceptors (Lipinski definition) is 5. The van der Waals surface area contributed by atoms with E-state index in [1.54, 1.807) is 13.2 Å². The molecule has 2 aromatic carbocycles. The first-order valence-electron chi connectivity index (χ1n) is 9.28. The molecule has 0 saturated carbocycles. The van der Waals surface area contributed by atoms with E-state index in [0.717, 1.165) is 23.4 Å². The van der Waals surface area contributed by atoms with Gasteiger partial charge in [-0.1, -0.05) is 43.3 Å². The second kappa shape index (κ2) is 9.50. The molecule has 2 N–H and O–H groups in total. The summed E-state index contributed by atoms with van der Waals surface area (Å²) in [5, 5.41) is 6.17. The normalized spacial score (nSPS) is 10.4. The number of amides is 1. The van der Waals surface area contributed by atoms with Gasteiger partial charge in [-0.3, -0.25) is 4.79 Å². The van der Waals surface area contributed by atoms with Crippen molar-refractivity contribution in [2.75, 3.05) is 19.0 Å². The smallest absolute Gasteiger partial charge is 0.270 e. The highest BCUT2D eigenvalue weighted by Gasteiger charge is 2.10. The van der Waals surface area contributed by atoms with E-state index < -0.39 is 0 Å². The molecule has 28 heavy (non-hydrogen) atoms. The third kappa shape index (κ3) is 4.85. The molecule has 0 aliphatic heterocycles. The zero-order valence-electron chi connectivity index (χ0n) is 16.1. The lowest BCUT2D eigenvalue weighted by atomic mass is 10.1. The number of methoxy groups -OCH3 is 1. The highest BCUT2D eigenvalue weighted by Crippen LogP contribution is 2.20. The Morgan fingerprint density at radius 3 is 2.57 bits per heavy atom. The average molecular weight is 376 g/mol. The molecule has 0 spiro atoms. The minimum absolute atomic E-state index is 0.232. The summed E-state index contributed by atoms with van der Waals surface area (Å²) in [7, 11) is 1.64. The summed E-state index contributed by atoms with van der Waals surface area (Å²) in [4.78, 5) is 20.8. The van der Waals surface area contributed by atoms with Crippen molar-refractivity contribution in [1.29, 1.82) is 0 Å². The van der Waals surface area contributed by atoms with Gasteiger partial charge in [0, 0.05) is 18.3 Å². The van der Waals surface area contributed by atoms with Crippen LogP contribution < -0.4 is 15.4 Å². The number of benzene rings is 2. The molecule has 0 radical (unpaired) electrons. The zero-order chi connectivity index (χ0) is 19.8. The second-order valence-corrected chi connectivity index (χ2v) is 6.24. The van der Waals surface area contributed by atoms with Gasteiger partial charge >= 0.3 is 0 Å². The Morgan fingerprint density at radius 1 is 1.04 bits per heavy atom. The predicted molar refractivity (Wildman–Crippen MR) is 110 cm³/mol. The molecular formula is C22H24N4O2. The number of para-hydroxylation sites is 2. The maximum Gasteiger partial charge on any atom is 0.270 e. The summed E-state index contributed by atoms with van der Waals surface area (Å²) in [5.41, 5.74) is 3.54. The topological polar surface area (TPSA) is 76.1 Å². The summed E-state index contributed by atoms with van der Waals surface area (Å²) in [6.07, 6.45) is 2.98. The molecule has 0 aliphatic rings. The lowest BCUT2D eigenvalue weighted by molar-refractivity contribution is 0.0949. The van der Waals surface area contributed by atoms with Gasteiger partial charge in [-0.05, 0) is 36.1 Å². The number of nitrogens with one attached hydrogen (secondary N) is 2. The molecule has 144 valence electrons. The van der Waals surface area contributed by atoms with Gasteiger partial charge in [0.2, 0.25) is 0 Å². The summed E-state index contributed by atoms with van der Waals surface area (Å²) < 4.78 is 5.34. The lowest BCUT2D eigenvalue weighted by Gasteiger charge is -2.11. The minimum Gasteiger partial charge on any atom is -0.496 e. The molecule has 6 nitrogen and oxygen atoms in total. The number of nitrogens with zero attached hydrogens (tertiary/aromatic N) is 2. The fraction of sp³-hybridized carbons (Fsp3) is 0.227. The Labute approximate surface area is 165 Å². The van der Waals surface area contributed by atoms with Crippen LogP contribution in [-0.2, 0) is 12.8 Å². The average Bonchev–Trinajstić information content (AvgIpc) is 2.74. The minimum atomic E-state index is -0.232. The summed E-state index contributed by atoms with van der Waals surface area (Å²) in [6, 6.07) is 17.5. The number of carbonyl (C=O) groups excluding carboxylic acids is 1. The van der Waals surface area contributed by atoms with Crippen LogP contribution in [0.5, 0.6) is 5.75 Å². The second-order valence-electron chi connectivity index (χ2n) is 6.24. The maximum atomic E-state index is 12.5. The van der Waals surface area contributed by atoms with E-state index in [2.05, 4.69) is 33.6 Å². The molecule has 0 atom stereocenters. The van der Waals surface area contributed by atoms with E-state index in [9.17, 15) is 4.79 Å². The summed E-state index contributed by atoms with van der Waals surface area (Å²) in [5.74, 6) is 1.18. The number of rotatable bonds is 8. The van der Waals surface area contributed by atoms with Crippen LogP contribution >= 0.6 is 0 Å². The monoisotopic (exact) mass is 376 g/mol. The first kappa shape index (κ1) is 19.4. The van der Waals surface area contributed by atoms with E-state index >= 15 is 0 Å². The zero-order valence-corrected chi connectivity index (χ0v) is 16.1. The molecule has 0 bridgehead atoms.